The van der Waals surface area contributed by atoms with Crippen LogP contribution in [0.4, 0.5) is 4.79 Å². The van der Waals surface area contributed by atoms with Crippen LogP contribution in [-0.2, 0) is 10.3 Å². The van der Waals surface area contributed by atoms with E-state index in [1.165, 1.54) is 6.21 Å². The molecule has 9 heteroatoms. The number of halogens is 1. The van der Waals surface area contributed by atoms with Crippen LogP contribution in [0.25, 0.3) is 0 Å². The summed E-state index contributed by atoms with van der Waals surface area (Å²) in [5.74, 6) is 1.10. The number of hydrogen-bond donors (Lipinski definition) is 1. The van der Waals surface area contributed by atoms with Gasteiger partial charge in [-0.1, -0.05) is 23.7 Å². The van der Waals surface area contributed by atoms with Gasteiger partial charge in [-0.25, -0.2) is 4.79 Å². The van der Waals surface area contributed by atoms with Crippen LogP contribution in [-0.4, -0.2) is 37.1 Å². The van der Waals surface area contributed by atoms with Crippen molar-refractivity contribution in [1.82, 2.24) is 10.3 Å². The molecule has 2 aromatic rings. The molecule has 1 saturated heterocycles. The van der Waals surface area contributed by atoms with E-state index in [2.05, 4.69) is 10.4 Å². The zero-order valence-corrected chi connectivity index (χ0v) is 15.8. The molecule has 2 heterocycles. The third-order valence-corrected chi connectivity index (χ3v) is 4.89. The summed E-state index contributed by atoms with van der Waals surface area (Å²) >= 11 is 6.14. The van der Waals surface area contributed by atoms with Crippen molar-refractivity contribution in [1.29, 1.82) is 0 Å². The van der Waals surface area contributed by atoms with Crippen LogP contribution in [0.15, 0.2) is 41.5 Å². The highest BCUT2D eigenvalue weighted by Gasteiger charge is 2.49. The lowest BCUT2D eigenvalue weighted by atomic mass is 9.92. The number of amides is 3. The lowest BCUT2D eigenvalue weighted by Gasteiger charge is -2.21. The molecule has 1 N–H and O–H groups in total. The van der Waals surface area contributed by atoms with Crippen LogP contribution in [0.2, 0.25) is 5.02 Å². The molecule has 0 aliphatic carbocycles. The van der Waals surface area contributed by atoms with Gasteiger partial charge in [0.25, 0.3) is 5.91 Å². The van der Waals surface area contributed by atoms with E-state index in [9.17, 15) is 9.59 Å². The van der Waals surface area contributed by atoms with E-state index in [-0.39, 0.29) is 6.79 Å². The summed E-state index contributed by atoms with van der Waals surface area (Å²) in [5.41, 5.74) is -0.0453. The average Bonchev–Trinajstić information content (AvgIpc) is 3.24. The first-order valence-electron chi connectivity index (χ1n) is 8.37. The van der Waals surface area contributed by atoms with E-state index in [1.807, 2.05) is 0 Å². The van der Waals surface area contributed by atoms with E-state index in [0.29, 0.717) is 33.4 Å². The molecule has 1 atom stereocenters. The van der Waals surface area contributed by atoms with Gasteiger partial charge in [-0.2, -0.15) is 5.10 Å². The van der Waals surface area contributed by atoms with E-state index >= 15 is 0 Å². The maximum atomic E-state index is 12.9. The molecule has 28 heavy (non-hydrogen) atoms. The summed E-state index contributed by atoms with van der Waals surface area (Å²) < 4.78 is 15.7. The first-order valence-corrected chi connectivity index (χ1v) is 8.74. The largest absolute Gasteiger partial charge is 0.497 e. The van der Waals surface area contributed by atoms with Crippen LogP contribution < -0.4 is 19.5 Å². The summed E-state index contributed by atoms with van der Waals surface area (Å²) in [6.45, 7) is 1.71. The van der Waals surface area contributed by atoms with Crippen molar-refractivity contribution in [3.63, 3.8) is 0 Å². The lowest BCUT2D eigenvalue weighted by Crippen LogP contribution is -2.40. The minimum Gasteiger partial charge on any atom is -0.497 e. The number of nitrogens with one attached hydrogen (secondary N) is 1. The molecule has 0 bridgehead atoms. The molecule has 0 aromatic heterocycles. The fourth-order valence-electron chi connectivity index (χ4n) is 3.04. The monoisotopic (exact) mass is 401 g/mol. The standard InChI is InChI=1S/C19H16ClN3O5/c1-19(12-3-5-13(26-2)6-4-12)17(24)23(18(25)22-19)21-9-11-7-14(20)16-15(8-11)27-10-28-16/h3-9H,10H2,1-2H3,(H,22,25)/b21-9-/t19-/m0/s1. The second-order valence-corrected chi connectivity index (χ2v) is 6.79. The van der Waals surface area contributed by atoms with Crippen LogP contribution >= 0.6 is 11.6 Å². The number of nitrogens with zero attached hydrogens (tertiary/aromatic N) is 2. The van der Waals surface area contributed by atoms with Crippen molar-refractivity contribution in [2.24, 2.45) is 5.10 Å². The Labute approximate surface area is 165 Å². The normalized spacial score (nSPS) is 20.8. The predicted octanol–water partition coefficient (Wildman–Crippen LogP) is 2.88. The Balaban J connectivity index is 1.59. The SMILES string of the molecule is COc1ccc([C@]2(C)NC(=O)N(/N=C\c3cc(Cl)c4c(c3)OCO4)C2=O)cc1. The van der Waals surface area contributed by atoms with E-state index < -0.39 is 17.5 Å². The first kappa shape index (κ1) is 18.1. The Morgan fingerprint density at radius 1 is 1.25 bits per heavy atom. The Kier molecular flexibility index (Phi) is 4.35. The van der Waals surface area contributed by atoms with Gasteiger partial charge in [-0.15, -0.1) is 5.01 Å². The van der Waals surface area contributed by atoms with Gasteiger partial charge in [-0.3, -0.25) is 4.79 Å². The number of urea groups is 1. The van der Waals surface area contributed by atoms with Crippen molar-refractivity contribution < 1.29 is 23.8 Å². The van der Waals surface area contributed by atoms with Crippen LogP contribution in [0.3, 0.4) is 0 Å². The van der Waals surface area contributed by atoms with Gasteiger partial charge in [0.1, 0.15) is 11.3 Å². The second-order valence-electron chi connectivity index (χ2n) is 6.38. The molecular weight excluding hydrogens is 386 g/mol. The highest BCUT2D eigenvalue weighted by Crippen LogP contribution is 2.39. The zero-order valence-electron chi connectivity index (χ0n) is 15.1. The highest BCUT2D eigenvalue weighted by atomic mass is 35.5. The van der Waals surface area contributed by atoms with Gasteiger partial charge in [0.05, 0.1) is 18.3 Å². The zero-order chi connectivity index (χ0) is 19.9. The molecule has 8 nitrogen and oxygen atoms in total. The third kappa shape index (κ3) is 2.91. The molecule has 3 amide bonds. The molecule has 0 saturated carbocycles. The molecule has 144 valence electrons. The van der Waals surface area contributed by atoms with Crippen LogP contribution in [0.1, 0.15) is 18.1 Å². The van der Waals surface area contributed by atoms with Crippen molar-refractivity contribution in [3.05, 3.63) is 52.5 Å². The number of hydrogen-bond acceptors (Lipinski definition) is 6. The Morgan fingerprint density at radius 3 is 2.71 bits per heavy atom. The van der Waals surface area contributed by atoms with Gasteiger partial charge in [0, 0.05) is 0 Å². The number of ether oxygens (including phenoxy) is 3. The molecule has 2 aliphatic heterocycles. The maximum absolute atomic E-state index is 12.9. The van der Waals surface area contributed by atoms with Crippen LogP contribution in [0.5, 0.6) is 17.2 Å². The quantitative estimate of drug-likeness (QED) is 0.628. The summed E-state index contributed by atoms with van der Waals surface area (Å²) in [6.07, 6.45) is 1.37. The summed E-state index contributed by atoms with van der Waals surface area (Å²) in [6, 6.07) is 9.55. The lowest BCUT2D eigenvalue weighted by molar-refractivity contribution is -0.131. The number of benzene rings is 2. The maximum Gasteiger partial charge on any atom is 0.346 e. The summed E-state index contributed by atoms with van der Waals surface area (Å²) in [5, 5.41) is 7.88. The number of imide groups is 1. The second kappa shape index (κ2) is 6.72. The molecule has 0 unspecified atom stereocenters. The van der Waals surface area contributed by atoms with E-state index in [4.69, 9.17) is 25.8 Å². The summed E-state index contributed by atoms with van der Waals surface area (Å²) in [7, 11) is 1.55. The van der Waals surface area contributed by atoms with Gasteiger partial charge < -0.3 is 19.5 Å². The van der Waals surface area contributed by atoms with Crippen LogP contribution in [0, 0.1) is 0 Å². The number of carbonyl (C=O) groups is 2. The minimum atomic E-state index is -1.23. The molecule has 2 aliphatic rings. The van der Waals surface area contributed by atoms with Gasteiger partial charge in [0.2, 0.25) is 6.79 Å². The predicted molar refractivity (Wildman–Crippen MR) is 101 cm³/mol. The van der Waals surface area contributed by atoms with Gasteiger partial charge >= 0.3 is 6.03 Å². The Bertz CT molecular complexity index is 992. The number of rotatable bonds is 4. The molecule has 4 rings (SSSR count). The van der Waals surface area contributed by atoms with Crippen molar-refractivity contribution >= 4 is 29.8 Å². The number of fused-ring (bicyclic) bond motifs is 1. The number of hydrazone groups is 1. The fourth-order valence-corrected chi connectivity index (χ4v) is 3.31. The fraction of sp³-hybridized carbons (Fsp3) is 0.211. The first-order chi connectivity index (χ1) is 13.4. The molecule has 1 fully saturated rings. The Hall–Kier alpha value is -3.26. The van der Waals surface area contributed by atoms with E-state index in [1.54, 1.807) is 50.4 Å². The summed E-state index contributed by atoms with van der Waals surface area (Å²) in [4.78, 5) is 25.3. The van der Waals surface area contributed by atoms with Crippen molar-refractivity contribution in [2.75, 3.05) is 13.9 Å². The molecular formula is C19H16ClN3O5. The number of methoxy groups -OCH3 is 1. The average molecular weight is 402 g/mol. The van der Waals surface area contributed by atoms with Crippen molar-refractivity contribution in [3.8, 4) is 17.2 Å². The Morgan fingerprint density at radius 2 is 2.00 bits per heavy atom. The molecule has 0 spiro atoms. The van der Waals surface area contributed by atoms with Gasteiger partial charge in [-0.05, 0) is 42.3 Å². The highest BCUT2D eigenvalue weighted by molar-refractivity contribution is 6.32. The molecule has 2 aromatic carbocycles. The molecule has 0 radical (unpaired) electrons. The topological polar surface area (TPSA) is 89.5 Å². The van der Waals surface area contributed by atoms with Gasteiger partial charge in [0.15, 0.2) is 11.5 Å². The minimum absolute atomic E-state index is 0.0862. The van der Waals surface area contributed by atoms with Crippen molar-refractivity contribution in [2.45, 2.75) is 12.5 Å². The smallest absolute Gasteiger partial charge is 0.346 e. The number of carbonyl (C=O) groups excluding carboxylic acids is 2. The third-order valence-electron chi connectivity index (χ3n) is 4.61. The van der Waals surface area contributed by atoms with E-state index in [0.717, 1.165) is 5.01 Å².